The van der Waals surface area contributed by atoms with Gasteiger partial charge in [-0.15, -0.1) is 15.7 Å². The number of nitrogens with one attached hydrogen (secondary N) is 3. The van der Waals surface area contributed by atoms with E-state index in [1.807, 2.05) is 4.72 Å². The summed E-state index contributed by atoms with van der Waals surface area (Å²) in [6.45, 7) is 1.50. The number of carbonyl (C=O) groups excluding carboxylic acids is 1. The Kier molecular flexibility index (Phi) is 5.98. The molecule has 3 N–H and O–H groups in total. The molecule has 2 amide bonds. The molecule has 0 unspecified atom stereocenters. The lowest BCUT2D eigenvalue weighted by Crippen LogP contribution is -2.34. The van der Waals surface area contributed by atoms with Gasteiger partial charge in [-0.3, -0.25) is 9.36 Å². The number of benzene rings is 1. The zero-order valence-corrected chi connectivity index (χ0v) is 21.7. The molecule has 0 saturated carbocycles. The number of amidine groups is 1. The number of amides is 2. The van der Waals surface area contributed by atoms with Gasteiger partial charge in [0.15, 0.2) is 0 Å². The molecule has 13 nitrogen and oxygen atoms in total. The second kappa shape index (κ2) is 8.91. The number of pyridine rings is 1. The van der Waals surface area contributed by atoms with Gasteiger partial charge >= 0.3 is 6.03 Å². The summed E-state index contributed by atoms with van der Waals surface area (Å²) in [6, 6.07) is 7.07. The summed E-state index contributed by atoms with van der Waals surface area (Å²) < 4.78 is 56.0. The van der Waals surface area contributed by atoms with Gasteiger partial charge in [0, 0.05) is 0 Å². The van der Waals surface area contributed by atoms with Crippen molar-refractivity contribution >= 4 is 77.1 Å². The SMILES string of the molecule is CC1=NS(=O)(=O)c2cc3c(=O)n(-c4ccc(NC(=O)NS(=O)(=O)c5ccc(Cl)s5)cn4)cnc3cc2N1. The number of thiophene rings is 1. The molecule has 0 radical (unpaired) electrons. The van der Waals surface area contributed by atoms with E-state index >= 15 is 0 Å². The van der Waals surface area contributed by atoms with E-state index in [0.29, 0.717) is 0 Å². The van der Waals surface area contributed by atoms with Crippen molar-refractivity contribution in [2.75, 3.05) is 10.6 Å². The van der Waals surface area contributed by atoms with Gasteiger partial charge in [0.25, 0.3) is 25.6 Å². The lowest BCUT2D eigenvalue weighted by atomic mass is 10.2. The number of urea groups is 1. The second-order valence-corrected chi connectivity index (χ2v) is 12.8. The molecule has 190 valence electrons. The van der Waals surface area contributed by atoms with Gasteiger partial charge in [0.05, 0.1) is 32.8 Å². The molecular formula is C20H14ClN7O6S3. The van der Waals surface area contributed by atoms with Gasteiger partial charge in [-0.1, -0.05) is 11.6 Å². The highest BCUT2D eigenvalue weighted by Crippen LogP contribution is 2.30. The molecule has 1 aromatic carbocycles. The first-order valence-electron chi connectivity index (χ1n) is 10.1. The fraction of sp³-hybridized carbons (Fsp3) is 0.0500. The lowest BCUT2D eigenvalue weighted by Gasteiger charge is -2.16. The van der Waals surface area contributed by atoms with Gasteiger partial charge in [0.2, 0.25) is 0 Å². The van der Waals surface area contributed by atoms with Crippen molar-refractivity contribution in [3.63, 3.8) is 0 Å². The Morgan fingerprint density at radius 3 is 2.62 bits per heavy atom. The van der Waals surface area contributed by atoms with Crippen LogP contribution in [0.15, 0.2) is 67.2 Å². The van der Waals surface area contributed by atoms with E-state index in [1.54, 1.807) is 0 Å². The lowest BCUT2D eigenvalue weighted by molar-refractivity contribution is 0.256. The number of hydrogen-bond donors (Lipinski definition) is 3. The summed E-state index contributed by atoms with van der Waals surface area (Å²) >= 11 is 6.54. The van der Waals surface area contributed by atoms with Crippen molar-refractivity contribution in [3.8, 4) is 5.82 Å². The number of hydrogen-bond acceptors (Lipinski definition) is 10. The predicted octanol–water partition coefficient (Wildman–Crippen LogP) is 2.54. The van der Waals surface area contributed by atoms with Crippen molar-refractivity contribution in [1.82, 2.24) is 19.3 Å². The maximum atomic E-state index is 13.1. The molecule has 5 rings (SSSR count). The van der Waals surface area contributed by atoms with Crippen molar-refractivity contribution in [3.05, 3.63) is 63.6 Å². The van der Waals surface area contributed by atoms with Crippen LogP contribution in [0.3, 0.4) is 0 Å². The number of halogens is 1. The summed E-state index contributed by atoms with van der Waals surface area (Å²) in [4.78, 5) is 33.5. The number of rotatable bonds is 4. The normalized spacial score (nSPS) is 14.4. The van der Waals surface area contributed by atoms with Crippen LogP contribution in [0.5, 0.6) is 0 Å². The van der Waals surface area contributed by atoms with Crippen LogP contribution in [0, 0.1) is 0 Å². The Balaban J connectivity index is 1.40. The van der Waals surface area contributed by atoms with Gasteiger partial charge in [0.1, 0.15) is 27.1 Å². The first-order valence-corrected chi connectivity index (χ1v) is 14.2. The van der Waals surface area contributed by atoms with E-state index in [0.717, 1.165) is 15.9 Å². The summed E-state index contributed by atoms with van der Waals surface area (Å²) in [7, 11) is -8.10. The number of fused-ring (bicyclic) bond motifs is 2. The smallest absolute Gasteiger partial charge is 0.333 e. The Morgan fingerprint density at radius 1 is 1.16 bits per heavy atom. The molecule has 0 spiro atoms. The van der Waals surface area contributed by atoms with Crippen LogP contribution in [-0.4, -0.2) is 43.2 Å². The van der Waals surface area contributed by atoms with E-state index in [4.69, 9.17) is 11.6 Å². The van der Waals surface area contributed by atoms with Crippen molar-refractivity contribution in [2.24, 2.45) is 4.40 Å². The third-order valence-electron chi connectivity index (χ3n) is 5.00. The molecule has 4 aromatic rings. The van der Waals surface area contributed by atoms with Crippen molar-refractivity contribution in [1.29, 1.82) is 0 Å². The third kappa shape index (κ3) is 4.78. The average Bonchev–Trinajstić information content (AvgIpc) is 3.26. The molecule has 0 atom stereocenters. The predicted molar refractivity (Wildman–Crippen MR) is 138 cm³/mol. The van der Waals surface area contributed by atoms with Crippen LogP contribution in [0.25, 0.3) is 16.7 Å². The molecule has 3 aromatic heterocycles. The average molecular weight is 580 g/mol. The minimum absolute atomic E-state index is 0.0312. The summed E-state index contributed by atoms with van der Waals surface area (Å²) in [5.41, 5.74) is 0.0872. The van der Waals surface area contributed by atoms with Crippen molar-refractivity contribution < 1.29 is 21.6 Å². The summed E-state index contributed by atoms with van der Waals surface area (Å²) in [6.07, 6.45) is 2.44. The molecule has 37 heavy (non-hydrogen) atoms. The van der Waals surface area contributed by atoms with Crippen LogP contribution >= 0.6 is 22.9 Å². The molecule has 0 bridgehead atoms. The first-order chi connectivity index (χ1) is 17.4. The fourth-order valence-corrected chi connectivity index (χ4v) is 6.99. The van der Waals surface area contributed by atoms with E-state index < -0.39 is 31.6 Å². The summed E-state index contributed by atoms with van der Waals surface area (Å²) in [5, 5.41) is 5.21. The topological polar surface area (TPSA) is 182 Å². The molecule has 1 aliphatic heterocycles. The summed E-state index contributed by atoms with van der Waals surface area (Å²) in [5.74, 6) is 0.319. The number of nitrogens with zero attached hydrogens (tertiary/aromatic N) is 4. The highest BCUT2D eigenvalue weighted by Gasteiger charge is 2.25. The number of aromatic nitrogens is 3. The quantitative estimate of drug-likeness (QED) is 0.327. The fourth-order valence-electron chi connectivity index (χ4n) is 3.44. The Hall–Kier alpha value is -3.86. The maximum Gasteiger partial charge on any atom is 0.333 e. The molecular weight excluding hydrogens is 566 g/mol. The molecule has 1 aliphatic rings. The largest absolute Gasteiger partial charge is 0.342 e. The second-order valence-electron chi connectivity index (χ2n) is 7.59. The zero-order chi connectivity index (χ0) is 26.5. The third-order valence-corrected chi connectivity index (χ3v) is 9.46. The van der Waals surface area contributed by atoms with E-state index in [-0.39, 0.29) is 47.4 Å². The first kappa shape index (κ1) is 24.8. The van der Waals surface area contributed by atoms with Crippen LogP contribution < -0.4 is 20.9 Å². The van der Waals surface area contributed by atoms with Gasteiger partial charge in [-0.05, 0) is 43.3 Å². The van der Waals surface area contributed by atoms with Crippen LogP contribution in [0.2, 0.25) is 4.34 Å². The molecule has 0 saturated heterocycles. The van der Waals surface area contributed by atoms with E-state index in [1.165, 1.54) is 55.8 Å². The molecule has 0 fully saturated rings. The monoisotopic (exact) mass is 579 g/mol. The zero-order valence-electron chi connectivity index (χ0n) is 18.5. The van der Waals surface area contributed by atoms with Crippen LogP contribution in [-0.2, 0) is 20.0 Å². The molecule has 17 heteroatoms. The number of carbonyl (C=O) groups is 1. The molecule has 0 aliphatic carbocycles. The van der Waals surface area contributed by atoms with E-state index in [9.17, 15) is 26.4 Å². The maximum absolute atomic E-state index is 13.1. The van der Waals surface area contributed by atoms with Gasteiger partial charge in [-0.2, -0.15) is 8.42 Å². The van der Waals surface area contributed by atoms with E-state index in [2.05, 4.69) is 25.0 Å². The Morgan fingerprint density at radius 2 is 1.95 bits per heavy atom. The highest BCUT2D eigenvalue weighted by molar-refractivity contribution is 7.92. The van der Waals surface area contributed by atoms with Crippen molar-refractivity contribution in [2.45, 2.75) is 16.0 Å². The standard InChI is InChI=1S/C20H14ClN7O6S3/c1-10-24-14-7-13-12(6-15(14)36(31,32)26-10)19(29)28(9-23-13)17-4-2-11(8-22-17)25-20(30)27-37(33,34)18-5-3-16(21)35-18/h2-9H,1H3,(H,24,26)(H2,25,27,30). The van der Waals surface area contributed by atoms with Gasteiger partial charge in [-0.25, -0.2) is 27.9 Å². The highest BCUT2D eigenvalue weighted by atomic mass is 35.5. The number of anilines is 2. The van der Waals surface area contributed by atoms with Crippen LogP contribution in [0.1, 0.15) is 6.92 Å². The van der Waals surface area contributed by atoms with Gasteiger partial charge < -0.3 is 10.6 Å². The number of sulfonamides is 2. The Labute approximate surface area is 218 Å². The van der Waals surface area contributed by atoms with Crippen LogP contribution in [0.4, 0.5) is 16.2 Å². The minimum Gasteiger partial charge on any atom is -0.342 e. The Bertz CT molecular complexity index is 1900. The minimum atomic E-state index is -4.11. The molecule has 4 heterocycles.